The van der Waals surface area contributed by atoms with E-state index in [2.05, 4.69) is 4.99 Å². The highest BCUT2D eigenvalue weighted by Gasteiger charge is 2.06. The molecular weight excluding hydrogens is 224 g/mol. The first-order chi connectivity index (χ1) is 8.72. The van der Waals surface area contributed by atoms with Crippen molar-refractivity contribution in [2.45, 2.75) is 6.92 Å². The third-order valence-corrected chi connectivity index (χ3v) is 2.74. The fraction of sp³-hybridized carbons (Fsp3) is 0.133. The van der Waals surface area contributed by atoms with Gasteiger partial charge in [-0.3, -0.25) is 0 Å². The van der Waals surface area contributed by atoms with Crippen molar-refractivity contribution in [1.82, 2.24) is 0 Å². The number of aliphatic imine (C=N–C) groups is 1. The van der Waals surface area contributed by atoms with Gasteiger partial charge in [-0.05, 0) is 30.7 Å². The van der Waals surface area contributed by atoms with E-state index >= 15 is 0 Å². The maximum absolute atomic E-state index is 6.04. The fourth-order valence-electron chi connectivity index (χ4n) is 1.74. The normalized spacial score (nSPS) is 11.3. The molecule has 0 aromatic heterocycles. The van der Waals surface area contributed by atoms with E-state index in [1.165, 1.54) is 0 Å². The van der Waals surface area contributed by atoms with E-state index in [1.807, 2.05) is 55.5 Å². The van der Waals surface area contributed by atoms with E-state index in [1.54, 1.807) is 7.11 Å². The van der Waals surface area contributed by atoms with Crippen LogP contribution in [0.1, 0.15) is 11.1 Å². The topological polar surface area (TPSA) is 47.6 Å². The van der Waals surface area contributed by atoms with Crippen molar-refractivity contribution in [3.63, 3.8) is 0 Å². The maximum atomic E-state index is 6.04. The second-order valence-corrected chi connectivity index (χ2v) is 3.98. The summed E-state index contributed by atoms with van der Waals surface area (Å²) in [5.41, 5.74) is 8.82. The first-order valence-electron chi connectivity index (χ1n) is 5.75. The smallest absolute Gasteiger partial charge is 0.135 e. The Labute approximate surface area is 107 Å². The fourth-order valence-corrected chi connectivity index (χ4v) is 1.74. The number of ether oxygens (including phenoxy) is 1. The van der Waals surface area contributed by atoms with Gasteiger partial charge in [-0.25, -0.2) is 4.99 Å². The number of hydrogen-bond acceptors (Lipinski definition) is 2. The average Bonchev–Trinajstić information content (AvgIpc) is 2.41. The van der Waals surface area contributed by atoms with Gasteiger partial charge < -0.3 is 10.5 Å². The van der Waals surface area contributed by atoms with Gasteiger partial charge in [0.05, 0.1) is 18.4 Å². The van der Waals surface area contributed by atoms with Crippen LogP contribution in [0.15, 0.2) is 53.5 Å². The number of nitrogens with two attached hydrogens (primary N) is 1. The number of para-hydroxylation sites is 2. The van der Waals surface area contributed by atoms with Crippen LogP contribution in [-0.4, -0.2) is 12.9 Å². The van der Waals surface area contributed by atoms with Crippen LogP contribution in [0.3, 0.4) is 0 Å². The lowest BCUT2D eigenvalue weighted by atomic mass is 10.1. The van der Waals surface area contributed by atoms with Gasteiger partial charge >= 0.3 is 0 Å². The Morgan fingerprint density at radius 3 is 2.44 bits per heavy atom. The lowest BCUT2D eigenvalue weighted by Gasteiger charge is -2.08. The van der Waals surface area contributed by atoms with Crippen molar-refractivity contribution >= 4 is 11.5 Å². The molecule has 2 N–H and O–H groups in total. The van der Waals surface area contributed by atoms with Gasteiger partial charge in [0.15, 0.2) is 0 Å². The molecule has 0 saturated heterocycles. The highest BCUT2D eigenvalue weighted by Crippen LogP contribution is 2.21. The SMILES string of the molecule is COc1ccccc1C(N)=Nc1ccccc1C. The Balaban J connectivity index is 2.42. The largest absolute Gasteiger partial charge is 0.496 e. The number of methoxy groups -OCH3 is 1. The number of rotatable bonds is 3. The number of benzene rings is 2. The number of hydrogen-bond donors (Lipinski definition) is 1. The quantitative estimate of drug-likeness (QED) is 0.662. The lowest BCUT2D eigenvalue weighted by Crippen LogP contribution is -2.14. The summed E-state index contributed by atoms with van der Waals surface area (Å²) >= 11 is 0. The van der Waals surface area contributed by atoms with Crippen LogP contribution >= 0.6 is 0 Å². The molecule has 92 valence electrons. The molecule has 0 atom stereocenters. The molecule has 0 saturated carbocycles. The highest BCUT2D eigenvalue weighted by molar-refractivity contribution is 6.01. The molecule has 2 aromatic carbocycles. The molecule has 0 heterocycles. The maximum Gasteiger partial charge on any atom is 0.135 e. The van der Waals surface area contributed by atoms with E-state index in [-0.39, 0.29) is 0 Å². The lowest BCUT2D eigenvalue weighted by molar-refractivity contribution is 0.414. The standard InChI is InChI=1S/C15H16N2O/c1-11-7-3-5-9-13(11)17-15(16)12-8-4-6-10-14(12)18-2/h3-10H,1-2H3,(H2,16,17). The van der Waals surface area contributed by atoms with Gasteiger partial charge in [0.1, 0.15) is 11.6 Å². The molecule has 0 aliphatic rings. The molecule has 0 fully saturated rings. The van der Waals surface area contributed by atoms with Gasteiger partial charge in [-0.15, -0.1) is 0 Å². The van der Waals surface area contributed by atoms with Crippen LogP contribution in [0.5, 0.6) is 5.75 Å². The Morgan fingerprint density at radius 2 is 1.72 bits per heavy atom. The Bertz CT molecular complexity index is 576. The van der Waals surface area contributed by atoms with Crippen LogP contribution in [0.25, 0.3) is 0 Å². The summed E-state index contributed by atoms with van der Waals surface area (Å²) in [6.07, 6.45) is 0. The molecule has 0 bridgehead atoms. The molecule has 0 unspecified atom stereocenters. The minimum atomic E-state index is 0.460. The third kappa shape index (κ3) is 2.51. The Hall–Kier alpha value is -2.29. The minimum Gasteiger partial charge on any atom is -0.496 e. The van der Waals surface area contributed by atoms with Crippen LogP contribution in [0, 0.1) is 6.92 Å². The van der Waals surface area contributed by atoms with Crippen molar-refractivity contribution in [2.24, 2.45) is 10.7 Å². The first kappa shape index (κ1) is 12.2. The van der Waals surface area contributed by atoms with E-state index in [0.717, 1.165) is 22.6 Å². The molecule has 2 aromatic rings. The number of amidine groups is 1. The van der Waals surface area contributed by atoms with Gasteiger partial charge in [-0.1, -0.05) is 30.3 Å². The molecule has 0 spiro atoms. The van der Waals surface area contributed by atoms with Gasteiger partial charge in [-0.2, -0.15) is 0 Å². The predicted molar refractivity (Wildman–Crippen MR) is 74.6 cm³/mol. The van der Waals surface area contributed by atoms with Crippen molar-refractivity contribution < 1.29 is 4.74 Å². The zero-order valence-electron chi connectivity index (χ0n) is 10.6. The average molecular weight is 240 g/mol. The Kier molecular flexibility index (Phi) is 3.63. The second-order valence-electron chi connectivity index (χ2n) is 3.98. The molecule has 3 heteroatoms. The van der Waals surface area contributed by atoms with Crippen molar-refractivity contribution in [2.75, 3.05) is 7.11 Å². The van der Waals surface area contributed by atoms with Crippen molar-refractivity contribution in [3.05, 3.63) is 59.7 Å². The molecular formula is C15H16N2O. The molecule has 3 nitrogen and oxygen atoms in total. The predicted octanol–water partition coefficient (Wildman–Crippen LogP) is 3.04. The molecule has 0 radical (unpaired) electrons. The molecule has 0 aliphatic carbocycles. The molecule has 18 heavy (non-hydrogen) atoms. The zero-order valence-corrected chi connectivity index (χ0v) is 10.6. The van der Waals surface area contributed by atoms with Crippen LogP contribution in [0.2, 0.25) is 0 Å². The van der Waals surface area contributed by atoms with E-state index in [9.17, 15) is 0 Å². The van der Waals surface area contributed by atoms with Gasteiger partial charge in [0.2, 0.25) is 0 Å². The van der Waals surface area contributed by atoms with Crippen LogP contribution < -0.4 is 10.5 Å². The zero-order chi connectivity index (χ0) is 13.0. The van der Waals surface area contributed by atoms with Crippen LogP contribution in [0.4, 0.5) is 5.69 Å². The van der Waals surface area contributed by atoms with E-state index < -0.39 is 0 Å². The highest BCUT2D eigenvalue weighted by atomic mass is 16.5. The van der Waals surface area contributed by atoms with Crippen molar-refractivity contribution in [1.29, 1.82) is 0 Å². The van der Waals surface area contributed by atoms with Crippen LogP contribution in [-0.2, 0) is 0 Å². The van der Waals surface area contributed by atoms with E-state index in [4.69, 9.17) is 10.5 Å². The van der Waals surface area contributed by atoms with Gasteiger partial charge in [0, 0.05) is 0 Å². The third-order valence-electron chi connectivity index (χ3n) is 2.74. The summed E-state index contributed by atoms with van der Waals surface area (Å²) in [5.74, 6) is 1.19. The summed E-state index contributed by atoms with van der Waals surface area (Å²) in [5, 5.41) is 0. The van der Waals surface area contributed by atoms with E-state index in [0.29, 0.717) is 5.84 Å². The molecule has 0 amide bonds. The van der Waals surface area contributed by atoms with Gasteiger partial charge in [0.25, 0.3) is 0 Å². The summed E-state index contributed by atoms with van der Waals surface area (Å²) in [6.45, 7) is 2.01. The Morgan fingerprint density at radius 1 is 1.06 bits per heavy atom. The monoisotopic (exact) mass is 240 g/mol. The first-order valence-corrected chi connectivity index (χ1v) is 5.75. The second kappa shape index (κ2) is 5.36. The summed E-state index contributed by atoms with van der Waals surface area (Å²) < 4.78 is 5.27. The molecule has 2 rings (SSSR count). The number of nitrogens with zero attached hydrogens (tertiary/aromatic N) is 1. The minimum absolute atomic E-state index is 0.460. The molecule has 0 aliphatic heterocycles. The number of aryl methyl sites for hydroxylation is 1. The summed E-state index contributed by atoms with van der Waals surface area (Å²) in [6, 6.07) is 15.5. The summed E-state index contributed by atoms with van der Waals surface area (Å²) in [4.78, 5) is 4.45. The summed E-state index contributed by atoms with van der Waals surface area (Å²) in [7, 11) is 1.62. The van der Waals surface area contributed by atoms with Crippen molar-refractivity contribution in [3.8, 4) is 5.75 Å².